The van der Waals surface area contributed by atoms with E-state index in [1.165, 1.54) is 38.5 Å². The molecule has 98 valence electrons. The summed E-state index contributed by atoms with van der Waals surface area (Å²) in [6.07, 6.45) is 9.98. The van der Waals surface area contributed by atoms with Crippen molar-refractivity contribution in [1.29, 1.82) is 0 Å². The van der Waals surface area contributed by atoms with Crippen molar-refractivity contribution in [1.82, 2.24) is 10.2 Å². The molecule has 0 aromatic heterocycles. The second-order valence-corrected chi connectivity index (χ2v) is 5.57. The number of carbonyl (C=O) groups excluding carboxylic acids is 1. The van der Waals surface area contributed by atoms with Crippen molar-refractivity contribution in [3.63, 3.8) is 0 Å². The Bertz CT molecular complexity index is 259. The van der Waals surface area contributed by atoms with Crippen molar-refractivity contribution in [3.05, 3.63) is 0 Å². The predicted molar refractivity (Wildman–Crippen MR) is 69.6 cm³/mol. The van der Waals surface area contributed by atoms with Gasteiger partial charge >= 0.3 is 0 Å². The summed E-state index contributed by atoms with van der Waals surface area (Å²) in [6.45, 7) is 4.28. The Hall–Kier alpha value is -0.570. The van der Waals surface area contributed by atoms with Gasteiger partial charge in [0.2, 0.25) is 5.91 Å². The molecule has 0 radical (unpaired) electrons. The molecular formula is C14H26N2O. The van der Waals surface area contributed by atoms with Gasteiger partial charge < -0.3 is 4.90 Å². The Morgan fingerprint density at radius 2 is 1.88 bits per heavy atom. The maximum Gasteiger partial charge on any atom is 0.241 e. The molecule has 1 N–H and O–H groups in total. The van der Waals surface area contributed by atoms with Crippen molar-refractivity contribution in [2.24, 2.45) is 0 Å². The maximum absolute atomic E-state index is 12.4. The summed E-state index contributed by atoms with van der Waals surface area (Å²) >= 11 is 0. The fourth-order valence-corrected chi connectivity index (χ4v) is 3.34. The lowest BCUT2D eigenvalue weighted by molar-refractivity contribution is -0.132. The first-order chi connectivity index (χ1) is 8.24. The van der Waals surface area contributed by atoms with E-state index >= 15 is 0 Å². The highest BCUT2D eigenvalue weighted by Crippen LogP contribution is 2.26. The summed E-state index contributed by atoms with van der Waals surface area (Å²) in [5, 5.41) is 3.45. The minimum Gasteiger partial charge on any atom is -0.323 e. The molecule has 1 heterocycles. The van der Waals surface area contributed by atoms with Gasteiger partial charge in [-0.3, -0.25) is 10.1 Å². The van der Waals surface area contributed by atoms with Crippen LogP contribution in [0, 0.1) is 0 Å². The molecule has 2 rings (SSSR count). The summed E-state index contributed by atoms with van der Waals surface area (Å²) in [4.78, 5) is 14.5. The van der Waals surface area contributed by atoms with Crippen molar-refractivity contribution in [3.8, 4) is 0 Å². The van der Waals surface area contributed by atoms with E-state index in [2.05, 4.69) is 24.1 Å². The Morgan fingerprint density at radius 1 is 1.24 bits per heavy atom. The van der Waals surface area contributed by atoms with Gasteiger partial charge in [-0.05, 0) is 26.2 Å². The van der Waals surface area contributed by atoms with E-state index in [-0.39, 0.29) is 12.2 Å². The van der Waals surface area contributed by atoms with E-state index in [1.54, 1.807) is 0 Å². The Kier molecular flexibility index (Phi) is 4.43. The van der Waals surface area contributed by atoms with Gasteiger partial charge in [-0.2, -0.15) is 0 Å². The van der Waals surface area contributed by atoms with Gasteiger partial charge in [-0.15, -0.1) is 0 Å². The first-order valence-corrected chi connectivity index (χ1v) is 7.32. The summed E-state index contributed by atoms with van der Waals surface area (Å²) in [7, 11) is 0. The second-order valence-electron chi connectivity index (χ2n) is 5.57. The summed E-state index contributed by atoms with van der Waals surface area (Å²) in [5.41, 5.74) is 0. The van der Waals surface area contributed by atoms with E-state index in [4.69, 9.17) is 0 Å². The molecule has 17 heavy (non-hydrogen) atoms. The number of nitrogens with zero attached hydrogens (tertiary/aromatic N) is 1. The molecule has 0 bridgehead atoms. The fraction of sp³-hybridized carbons (Fsp3) is 0.929. The highest BCUT2D eigenvalue weighted by molar-refractivity contribution is 5.84. The van der Waals surface area contributed by atoms with E-state index in [1.807, 2.05) is 0 Å². The van der Waals surface area contributed by atoms with Crippen molar-refractivity contribution in [2.45, 2.75) is 83.5 Å². The van der Waals surface area contributed by atoms with Crippen molar-refractivity contribution in [2.75, 3.05) is 0 Å². The third-order valence-corrected chi connectivity index (χ3v) is 4.21. The van der Waals surface area contributed by atoms with Crippen LogP contribution in [-0.2, 0) is 4.79 Å². The Labute approximate surface area is 105 Å². The monoisotopic (exact) mass is 238 g/mol. The molecule has 2 atom stereocenters. The molecule has 1 saturated carbocycles. The largest absolute Gasteiger partial charge is 0.323 e. The number of nitrogens with one attached hydrogen (secondary N) is 1. The van der Waals surface area contributed by atoms with Gasteiger partial charge in [0.15, 0.2) is 0 Å². The quantitative estimate of drug-likeness (QED) is 0.767. The first kappa shape index (κ1) is 12.9. The second kappa shape index (κ2) is 5.85. The number of hydrogen-bond acceptors (Lipinski definition) is 2. The highest BCUT2D eigenvalue weighted by atomic mass is 16.2. The third-order valence-electron chi connectivity index (χ3n) is 4.21. The average molecular weight is 238 g/mol. The molecule has 3 heteroatoms. The van der Waals surface area contributed by atoms with E-state index in [0.717, 1.165) is 12.8 Å². The zero-order chi connectivity index (χ0) is 12.3. The van der Waals surface area contributed by atoms with Gasteiger partial charge in [-0.1, -0.05) is 39.0 Å². The fourth-order valence-electron chi connectivity index (χ4n) is 3.34. The third kappa shape index (κ3) is 2.82. The molecule has 2 unspecified atom stereocenters. The zero-order valence-corrected chi connectivity index (χ0v) is 11.2. The van der Waals surface area contributed by atoms with Crippen LogP contribution in [0.5, 0.6) is 0 Å². The molecule has 0 aromatic rings. The number of amides is 1. The molecule has 1 amide bonds. The topological polar surface area (TPSA) is 32.3 Å². The van der Waals surface area contributed by atoms with Crippen LogP contribution < -0.4 is 5.32 Å². The minimum absolute atomic E-state index is 0.0817. The molecule has 3 nitrogen and oxygen atoms in total. The molecule has 0 spiro atoms. The van der Waals surface area contributed by atoms with Crippen molar-refractivity contribution >= 4 is 5.91 Å². The van der Waals surface area contributed by atoms with E-state index < -0.39 is 0 Å². The molecule has 0 aromatic carbocycles. The van der Waals surface area contributed by atoms with Gasteiger partial charge in [-0.25, -0.2) is 0 Å². The molecule has 1 saturated heterocycles. The van der Waals surface area contributed by atoms with Crippen LogP contribution in [-0.4, -0.2) is 29.1 Å². The van der Waals surface area contributed by atoms with Crippen molar-refractivity contribution < 1.29 is 4.79 Å². The number of carbonyl (C=O) groups is 1. The van der Waals surface area contributed by atoms with Crippen LogP contribution in [0.25, 0.3) is 0 Å². The average Bonchev–Trinajstić information content (AvgIpc) is 2.52. The Balaban J connectivity index is 2.01. The van der Waals surface area contributed by atoms with E-state index in [0.29, 0.717) is 11.9 Å². The normalized spacial score (nSPS) is 31.9. The molecule has 2 fully saturated rings. The predicted octanol–water partition coefficient (Wildman–Crippen LogP) is 2.66. The summed E-state index contributed by atoms with van der Waals surface area (Å²) < 4.78 is 0. The summed E-state index contributed by atoms with van der Waals surface area (Å²) in [5.74, 6) is 0.353. The van der Waals surface area contributed by atoms with Gasteiger partial charge in [0.1, 0.15) is 0 Å². The summed E-state index contributed by atoms with van der Waals surface area (Å²) in [6, 6.07) is 0.576. The van der Waals surface area contributed by atoms with Gasteiger partial charge in [0.25, 0.3) is 0 Å². The Morgan fingerprint density at radius 3 is 2.47 bits per heavy atom. The lowest BCUT2D eigenvalue weighted by atomic mass is 10.1. The zero-order valence-electron chi connectivity index (χ0n) is 11.2. The minimum atomic E-state index is 0.0817. The van der Waals surface area contributed by atoms with Crippen LogP contribution >= 0.6 is 0 Å². The van der Waals surface area contributed by atoms with Crippen LogP contribution in [0.4, 0.5) is 0 Å². The van der Waals surface area contributed by atoms with Crippen LogP contribution in [0.3, 0.4) is 0 Å². The molecule has 1 aliphatic heterocycles. The lowest BCUT2D eigenvalue weighted by Gasteiger charge is -2.30. The lowest BCUT2D eigenvalue weighted by Crippen LogP contribution is -2.42. The smallest absolute Gasteiger partial charge is 0.241 e. The molecule has 2 aliphatic rings. The molecule has 1 aliphatic carbocycles. The van der Waals surface area contributed by atoms with Crippen LogP contribution in [0.1, 0.15) is 65.2 Å². The number of rotatable bonds is 3. The van der Waals surface area contributed by atoms with Gasteiger partial charge in [0, 0.05) is 6.04 Å². The standard InChI is InChI=1S/C14H26N2O/c1-3-8-13-14(17)16(11(2)15-13)12-9-6-4-5-7-10-12/h11-13,15H,3-10H2,1-2H3. The van der Waals surface area contributed by atoms with Crippen LogP contribution in [0.15, 0.2) is 0 Å². The number of hydrogen-bond donors (Lipinski definition) is 1. The van der Waals surface area contributed by atoms with E-state index in [9.17, 15) is 4.79 Å². The maximum atomic E-state index is 12.4. The highest BCUT2D eigenvalue weighted by Gasteiger charge is 2.39. The SMILES string of the molecule is CCCC1NC(C)N(C2CCCCCC2)C1=O. The first-order valence-electron chi connectivity index (χ1n) is 7.32. The molecular weight excluding hydrogens is 212 g/mol. The van der Waals surface area contributed by atoms with Crippen LogP contribution in [0.2, 0.25) is 0 Å². The van der Waals surface area contributed by atoms with Gasteiger partial charge in [0.05, 0.1) is 12.2 Å².